The van der Waals surface area contributed by atoms with E-state index >= 15 is 0 Å². The summed E-state index contributed by atoms with van der Waals surface area (Å²) in [5.74, 6) is 0.902. The average molecular weight is 280 g/mol. The fourth-order valence-corrected chi connectivity index (χ4v) is 3.47. The number of methoxy groups -OCH3 is 1. The molecule has 1 aliphatic carbocycles. The summed E-state index contributed by atoms with van der Waals surface area (Å²) in [6, 6.07) is 0. The molecule has 0 aliphatic heterocycles. The Bertz CT molecular complexity index is 409. The molecule has 0 aromatic heterocycles. The summed E-state index contributed by atoms with van der Waals surface area (Å²) in [7, 11) is 0.285. The Balaban J connectivity index is 2.75. The number of ether oxygens (including phenoxy) is 1. The molecule has 0 amide bonds. The van der Waals surface area contributed by atoms with E-state index in [-0.39, 0.29) is 11.4 Å². The van der Waals surface area contributed by atoms with Crippen molar-refractivity contribution in [1.29, 1.82) is 0 Å². The molecule has 0 spiro atoms. The van der Waals surface area contributed by atoms with Crippen LogP contribution in [0.4, 0.5) is 0 Å². The van der Waals surface area contributed by atoms with Crippen molar-refractivity contribution in [3.05, 3.63) is 17.0 Å². The molecule has 1 aliphatic rings. The van der Waals surface area contributed by atoms with Gasteiger partial charge in [-0.25, -0.2) is 0 Å². The van der Waals surface area contributed by atoms with Crippen molar-refractivity contribution in [3.63, 3.8) is 0 Å². The molecule has 1 rings (SSSR count). The van der Waals surface area contributed by atoms with Crippen LogP contribution in [0.3, 0.4) is 0 Å². The van der Waals surface area contributed by atoms with E-state index in [1.54, 1.807) is 0 Å². The van der Waals surface area contributed by atoms with Crippen molar-refractivity contribution in [2.24, 2.45) is 17.3 Å². The van der Waals surface area contributed by atoms with Gasteiger partial charge in [-0.15, -0.1) is 5.73 Å². The number of hydrogen-bond donors (Lipinski definition) is 0. The quantitative estimate of drug-likeness (QED) is 0.438. The smallest absolute Gasteiger partial charge is 0.305 e. The summed E-state index contributed by atoms with van der Waals surface area (Å²) in [5.41, 5.74) is 7.31. The van der Waals surface area contributed by atoms with E-state index in [0.717, 1.165) is 6.42 Å². The Morgan fingerprint density at radius 1 is 1.42 bits per heavy atom. The van der Waals surface area contributed by atoms with Gasteiger partial charge in [-0.3, -0.25) is 4.79 Å². The van der Waals surface area contributed by atoms with Crippen LogP contribution in [0.5, 0.6) is 0 Å². The molecular formula is C16H28O2Si. The first-order chi connectivity index (χ1) is 8.58. The normalized spacial score (nSPS) is 25.0. The molecule has 2 nitrogen and oxygen atoms in total. The van der Waals surface area contributed by atoms with Gasteiger partial charge in [-0.2, -0.15) is 0 Å². The van der Waals surface area contributed by atoms with Crippen molar-refractivity contribution in [3.8, 4) is 0 Å². The van der Waals surface area contributed by atoms with Gasteiger partial charge in [0, 0.05) is 6.42 Å². The number of rotatable bonds is 4. The van der Waals surface area contributed by atoms with Crippen LogP contribution in [0.2, 0.25) is 19.6 Å². The number of allylic oxidation sites excluding steroid dienone is 1. The predicted octanol–water partition coefficient (Wildman–Crippen LogP) is 4.19. The molecule has 1 fully saturated rings. The molecule has 0 aromatic carbocycles. The molecule has 0 unspecified atom stereocenters. The lowest BCUT2D eigenvalue weighted by atomic mass is 9.52. The lowest BCUT2D eigenvalue weighted by Crippen LogP contribution is -2.46. The summed E-state index contributed by atoms with van der Waals surface area (Å²) in [4.78, 5) is 11.4. The SMILES string of the molecule is COC(=O)C[C@@H]1C[C@H](C(C)=C=C[Si](C)(C)C)C1(C)C. The van der Waals surface area contributed by atoms with Crippen molar-refractivity contribution in [2.75, 3.05) is 7.11 Å². The Kier molecular flexibility index (Phi) is 4.86. The Morgan fingerprint density at radius 3 is 2.42 bits per heavy atom. The van der Waals surface area contributed by atoms with Gasteiger partial charge in [0.1, 0.15) is 0 Å². The van der Waals surface area contributed by atoms with Crippen LogP contribution in [-0.4, -0.2) is 21.2 Å². The molecule has 108 valence electrons. The molecule has 2 atom stereocenters. The van der Waals surface area contributed by atoms with Crippen LogP contribution < -0.4 is 0 Å². The first kappa shape index (κ1) is 16.3. The fraction of sp³-hybridized carbons (Fsp3) is 0.750. The molecule has 19 heavy (non-hydrogen) atoms. The zero-order valence-electron chi connectivity index (χ0n) is 13.5. The van der Waals surface area contributed by atoms with Gasteiger partial charge in [-0.05, 0) is 36.2 Å². The molecule has 1 saturated carbocycles. The van der Waals surface area contributed by atoms with Gasteiger partial charge in [0.2, 0.25) is 0 Å². The highest BCUT2D eigenvalue weighted by atomic mass is 28.3. The third-order valence-corrected chi connectivity index (χ3v) is 5.38. The third kappa shape index (κ3) is 4.09. The van der Waals surface area contributed by atoms with Crippen LogP contribution in [0, 0.1) is 17.3 Å². The Labute approximate surface area is 118 Å². The van der Waals surface area contributed by atoms with Gasteiger partial charge in [0.05, 0.1) is 15.2 Å². The van der Waals surface area contributed by atoms with Gasteiger partial charge < -0.3 is 4.74 Å². The van der Waals surface area contributed by atoms with Crippen LogP contribution in [-0.2, 0) is 9.53 Å². The first-order valence-electron chi connectivity index (χ1n) is 7.09. The molecule has 0 N–H and O–H groups in total. The lowest BCUT2D eigenvalue weighted by Gasteiger charge is -2.52. The fourth-order valence-electron chi connectivity index (χ4n) is 2.81. The van der Waals surface area contributed by atoms with Crippen LogP contribution >= 0.6 is 0 Å². The topological polar surface area (TPSA) is 26.3 Å². The number of carbonyl (C=O) groups is 1. The maximum Gasteiger partial charge on any atom is 0.305 e. The number of esters is 1. The number of carbonyl (C=O) groups excluding carboxylic acids is 1. The average Bonchev–Trinajstić information content (AvgIpc) is 2.29. The Morgan fingerprint density at radius 2 is 2.00 bits per heavy atom. The molecule has 0 aromatic rings. The second kappa shape index (κ2) is 5.68. The molecular weight excluding hydrogens is 252 g/mol. The molecule has 0 heterocycles. The second-order valence-corrected chi connectivity index (χ2v) is 12.4. The summed E-state index contributed by atoms with van der Waals surface area (Å²) < 4.78 is 4.78. The van der Waals surface area contributed by atoms with Crippen LogP contribution in [0.15, 0.2) is 17.0 Å². The maximum atomic E-state index is 11.4. The van der Waals surface area contributed by atoms with E-state index < -0.39 is 8.07 Å². The van der Waals surface area contributed by atoms with Crippen molar-refractivity contribution in [2.45, 2.75) is 53.3 Å². The van der Waals surface area contributed by atoms with E-state index in [1.807, 2.05) is 0 Å². The van der Waals surface area contributed by atoms with E-state index in [1.165, 1.54) is 12.7 Å². The summed E-state index contributed by atoms with van der Waals surface area (Å²) in [6.07, 6.45) is 1.63. The van der Waals surface area contributed by atoms with Gasteiger partial charge in [0.25, 0.3) is 0 Å². The van der Waals surface area contributed by atoms with Crippen LogP contribution in [0.25, 0.3) is 0 Å². The van der Waals surface area contributed by atoms with Gasteiger partial charge in [0.15, 0.2) is 0 Å². The molecule has 0 radical (unpaired) electrons. The minimum atomic E-state index is -1.18. The monoisotopic (exact) mass is 280 g/mol. The van der Waals surface area contributed by atoms with Gasteiger partial charge >= 0.3 is 5.97 Å². The molecule has 0 saturated heterocycles. The van der Waals surface area contributed by atoms with E-state index in [2.05, 4.69) is 51.8 Å². The Hall–Kier alpha value is -0.793. The third-order valence-electron chi connectivity index (χ3n) is 4.37. The highest BCUT2D eigenvalue weighted by Crippen LogP contribution is 2.55. The van der Waals surface area contributed by atoms with Crippen LogP contribution in [0.1, 0.15) is 33.6 Å². The van der Waals surface area contributed by atoms with Crippen molar-refractivity contribution >= 4 is 14.0 Å². The van der Waals surface area contributed by atoms with Gasteiger partial charge in [-0.1, -0.05) is 39.2 Å². The summed E-state index contributed by atoms with van der Waals surface area (Å²) in [6.45, 7) is 13.7. The van der Waals surface area contributed by atoms with E-state index in [0.29, 0.717) is 18.3 Å². The summed E-state index contributed by atoms with van der Waals surface area (Å²) >= 11 is 0. The standard InChI is InChI=1S/C16H28O2Si/c1-12(8-9-19(5,6)7)14-10-13(16(14,2)3)11-15(17)18-4/h9,13-14H,10-11H2,1-7H3/t8?,13-,14+/m0/s1. The number of hydrogen-bond acceptors (Lipinski definition) is 2. The molecule has 3 heteroatoms. The lowest BCUT2D eigenvalue weighted by molar-refractivity contribution is -0.146. The minimum absolute atomic E-state index is 0.0872. The highest BCUT2D eigenvalue weighted by molar-refractivity contribution is 6.80. The predicted molar refractivity (Wildman–Crippen MR) is 82.6 cm³/mol. The largest absolute Gasteiger partial charge is 0.469 e. The van der Waals surface area contributed by atoms with Crippen molar-refractivity contribution in [1.82, 2.24) is 0 Å². The van der Waals surface area contributed by atoms with Crippen molar-refractivity contribution < 1.29 is 9.53 Å². The van der Waals surface area contributed by atoms with E-state index in [9.17, 15) is 4.79 Å². The minimum Gasteiger partial charge on any atom is -0.469 e. The molecule has 0 bridgehead atoms. The maximum absolute atomic E-state index is 11.4. The summed E-state index contributed by atoms with van der Waals surface area (Å²) in [5, 5.41) is 0. The van der Waals surface area contributed by atoms with E-state index in [4.69, 9.17) is 4.74 Å². The first-order valence-corrected chi connectivity index (χ1v) is 10.7. The zero-order valence-corrected chi connectivity index (χ0v) is 14.5. The zero-order chi connectivity index (χ0) is 14.8. The second-order valence-electron chi connectivity index (χ2n) is 7.42. The highest BCUT2D eigenvalue weighted by Gasteiger charge is 2.49.